The molecule has 18 heavy (non-hydrogen) atoms. The zero-order chi connectivity index (χ0) is 13.0. The van der Waals surface area contributed by atoms with E-state index in [9.17, 15) is 5.11 Å². The fourth-order valence-corrected chi connectivity index (χ4v) is 1.76. The van der Waals surface area contributed by atoms with Gasteiger partial charge in [0.25, 0.3) is 0 Å². The highest BCUT2D eigenvalue weighted by atomic mass is 16.5. The van der Waals surface area contributed by atoms with Crippen LogP contribution in [0.3, 0.4) is 0 Å². The van der Waals surface area contributed by atoms with Gasteiger partial charge < -0.3 is 9.84 Å². The monoisotopic (exact) mass is 243 g/mol. The van der Waals surface area contributed by atoms with Gasteiger partial charge in [0.2, 0.25) is 0 Å². The van der Waals surface area contributed by atoms with Crippen molar-refractivity contribution < 1.29 is 9.84 Å². The molecule has 2 aromatic rings. The lowest BCUT2D eigenvalue weighted by molar-refractivity contribution is 0.170. The van der Waals surface area contributed by atoms with E-state index in [1.54, 1.807) is 6.20 Å². The lowest BCUT2D eigenvalue weighted by Gasteiger charge is -2.15. The molecule has 1 atom stereocenters. The molecule has 0 aliphatic carbocycles. The number of hydrogen-bond acceptors (Lipinski definition) is 3. The Hall–Kier alpha value is -1.87. The Balaban J connectivity index is 2.32. The van der Waals surface area contributed by atoms with E-state index in [-0.39, 0.29) is 0 Å². The Morgan fingerprint density at radius 1 is 1.17 bits per heavy atom. The second kappa shape index (κ2) is 5.65. The second-order valence-corrected chi connectivity index (χ2v) is 4.15. The number of para-hydroxylation sites is 1. The van der Waals surface area contributed by atoms with Crippen LogP contribution in [0, 0.1) is 6.92 Å². The number of benzene rings is 1. The van der Waals surface area contributed by atoms with Crippen molar-refractivity contribution in [2.75, 3.05) is 0 Å². The van der Waals surface area contributed by atoms with Crippen LogP contribution in [0.1, 0.15) is 30.7 Å². The molecule has 2 rings (SSSR count). The molecular formula is C15H17NO2. The highest BCUT2D eigenvalue weighted by Crippen LogP contribution is 2.31. The molecule has 0 aliphatic heterocycles. The molecule has 1 heterocycles. The topological polar surface area (TPSA) is 42.4 Å². The van der Waals surface area contributed by atoms with Crippen LogP contribution in [0.4, 0.5) is 0 Å². The fourth-order valence-electron chi connectivity index (χ4n) is 1.76. The average molecular weight is 243 g/mol. The maximum absolute atomic E-state index is 9.96. The zero-order valence-electron chi connectivity index (χ0n) is 10.6. The maximum atomic E-state index is 9.96. The molecule has 94 valence electrons. The van der Waals surface area contributed by atoms with E-state index in [1.165, 1.54) is 0 Å². The lowest BCUT2D eigenvalue weighted by Crippen LogP contribution is -1.99. The van der Waals surface area contributed by atoms with E-state index < -0.39 is 6.10 Å². The van der Waals surface area contributed by atoms with Crippen molar-refractivity contribution in [2.45, 2.75) is 26.4 Å². The van der Waals surface area contributed by atoms with E-state index in [0.29, 0.717) is 17.9 Å². The summed E-state index contributed by atoms with van der Waals surface area (Å²) in [5.41, 5.74) is 1.64. The molecule has 3 heteroatoms. The Bertz CT molecular complexity index is 525. The summed E-state index contributed by atoms with van der Waals surface area (Å²) in [5.74, 6) is 1.40. The minimum atomic E-state index is -0.502. The van der Waals surface area contributed by atoms with Gasteiger partial charge in [0.15, 0.2) is 0 Å². The molecule has 0 bridgehead atoms. The van der Waals surface area contributed by atoms with Gasteiger partial charge in [-0.15, -0.1) is 0 Å². The number of aliphatic hydroxyl groups excluding tert-OH is 1. The van der Waals surface area contributed by atoms with Crippen LogP contribution in [-0.4, -0.2) is 10.1 Å². The SMILES string of the molecule is CC[C@@H](O)c1ccccc1Oc1cccnc1C. The molecule has 0 fully saturated rings. The summed E-state index contributed by atoms with van der Waals surface area (Å²) >= 11 is 0. The first-order chi connectivity index (χ1) is 8.72. The minimum Gasteiger partial charge on any atom is -0.455 e. The predicted octanol–water partition coefficient (Wildman–Crippen LogP) is 3.63. The first kappa shape index (κ1) is 12.6. The van der Waals surface area contributed by atoms with Crippen molar-refractivity contribution in [3.05, 3.63) is 53.9 Å². The van der Waals surface area contributed by atoms with Gasteiger partial charge in [-0.25, -0.2) is 0 Å². The number of nitrogens with zero attached hydrogens (tertiary/aromatic N) is 1. The number of aliphatic hydroxyl groups is 1. The number of aryl methyl sites for hydroxylation is 1. The van der Waals surface area contributed by atoms with Gasteiger partial charge >= 0.3 is 0 Å². The molecule has 0 saturated heterocycles. The summed E-state index contributed by atoms with van der Waals surface area (Å²) in [6.07, 6.45) is 1.89. The van der Waals surface area contributed by atoms with Gasteiger partial charge in [-0.05, 0) is 31.5 Å². The third-order valence-corrected chi connectivity index (χ3v) is 2.84. The van der Waals surface area contributed by atoms with E-state index in [1.807, 2.05) is 50.2 Å². The summed E-state index contributed by atoms with van der Waals surface area (Å²) in [5, 5.41) is 9.96. The Kier molecular flexibility index (Phi) is 3.95. The highest BCUT2D eigenvalue weighted by Gasteiger charge is 2.12. The highest BCUT2D eigenvalue weighted by molar-refractivity contribution is 5.40. The van der Waals surface area contributed by atoms with Crippen molar-refractivity contribution >= 4 is 0 Å². The lowest BCUT2D eigenvalue weighted by atomic mass is 10.1. The molecule has 3 nitrogen and oxygen atoms in total. The summed E-state index contributed by atoms with van der Waals surface area (Å²) < 4.78 is 5.84. The van der Waals surface area contributed by atoms with Gasteiger partial charge in [-0.2, -0.15) is 0 Å². The normalized spacial score (nSPS) is 12.2. The quantitative estimate of drug-likeness (QED) is 0.891. The smallest absolute Gasteiger partial charge is 0.148 e. The van der Waals surface area contributed by atoms with Crippen molar-refractivity contribution in [2.24, 2.45) is 0 Å². The van der Waals surface area contributed by atoms with Gasteiger partial charge in [0.1, 0.15) is 11.5 Å². The number of aromatic nitrogens is 1. The number of hydrogen-bond donors (Lipinski definition) is 1. The largest absolute Gasteiger partial charge is 0.455 e. The van der Waals surface area contributed by atoms with Crippen molar-refractivity contribution in [1.82, 2.24) is 4.98 Å². The molecule has 0 unspecified atom stereocenters. The molecule has 0 spiro atoms. The van der Waals surface area contributed by atoms with Crippen LogP contribution in [-0.2, 0) is 0 Å². The van der Waals surface area contributed by atoms with Crippen LogP contribution >= 0.6 is 0 Å². The third-order valence-electron chi connectivity index (χ3n) is 2.84. The van der Waals surface area contributed by atoms with Gasteiger partial charge in [0, 0.05) is 11.8 Å². The van der Waals surface area contributed by atoms with Crippen molar-refractivity contribution in [3.8, 4) is 11.5 Å². The van der Waals surface area contributed by atoms with Crippen molar-refractivity contribution in [3.63, 3.8) is 0 Å². The first-order valence-corrected chi connectivity index (χ1v) is 6.08. The van der Waals surface area contributed by atoms with Crippen LogP contribution in [0.5, 0.6) is 11.5 Å². The zero-order valence-corrected chi connectivity index (χ0v) is 10.6. The standard InChI is InChI=1S/C15H17NO2/c1-3-13(17)12-7-4-5-8-15(12)18-14-9-6-10-16-11(14)2/h4-10,13,17H,3H2,1-2H3/t13-/m1/s1. The first-order valence-electron chi connectivity index (χ1n) is 6.08. The summed E-state index contributed by atoms with van der Waals surface area (Å²) in [6.45, 7) is 3.84. The van der Waals surface area contributed by atoms with Gasteiger partial charge in [0.05, 0.1) is 11.8 Å². The third kappa shape index (κ3) is 2.68. The second-order valence-electron chi connectivity index (χ2n) is 4.15. The van der Waals surface area contributed by atoms with E-state index in [0.717, 1.165) is 11.3 Å². The van der Waals surface area contributed by atoms with Crippen LogP contribution < -0.4 is 4.74 Å². The van der Waals surface area contributed by atoms with Crippen LogP contribution in [0.25, 0.3) is 0 Å². The average Bonchev–Trinajstić information content (AvgIpc) is 2.41. The molecule has 1 aromatic heterocycles. The van der Waals surface area contributed by atoms with Crippen LogP contribution in [0.2, 0.25) is 0 Å². The molecule has 1 aromatic carbocycles. The van der Waals surface area contributed by atoms with Crippen LogP contribution in [0.15, 0.2) is 42.6 Å². The van der Waals surface area contributed by atoms with Gasteiger partial charge in [-0.3, -0.25) is 4.98 Å². The number of ether oxygens (including phenoxy) is 1. The Morgan fingerprint density at radius 3 is 2.61 bits per heavy atom. The van der Waals surface area contributed by atoms with E-state index in [4.69, 9.17) is 4.74 Å². The summed E-state index contributed by atoms with van der Waals surface area (Å²) in [4.78, 5) is 4.18. The molecule has 0 saturated carbocycles. The molecular weight excluding hydrogens is 226 g/mol. The maximum Gasteiger partial charge on any atom is 0.148 e. The number of pyridine rings is 1. The molecule has 0 aliphatic rings. The Labute approximate surface area is 107 Å². The summed E-state index contributed by atoms with van der Waals surface area (Å²) in [6, 6.07) is 11.2. The Morgan fingerprint density at radius 2 is 1.89 bits per heavy atom. The van der Waals surface area contributed by atoms with E-state index in [2.05, 4.69) is 4.98 Å². The molecule has 0 radical (unpaired) electrons. The molecule has 1 N–H and O–H groups in total. The predicted molar refractivity (Wildman–Crippen MR) is 70.7 cm³/mol. The van der Waals surface area contributed by atoms with Gasteiger partial charge in [-0.1, -0.05) is 25.1 Å². The van der Waals surface area contributed by atoms with Crippen molar-refractivity contribution in [1.29, 1.82) is 0 Å². The summed E-state index contributed by atoms with van der Waals surface area (Å²) in [7, 11) is 0. The molecule has 0 amide bonds. The fraction of sp³-hybridized carbons (Fsp3) is 0.267. The van der Waals surface area contributed by atoms with E-state index >= 15 is 0 Å². The minimum absolute atomic E-state index is 0.502. The number of rotatable bonds is 4.